The van der Waals surface area contributed by atoms with E-state index in [4.69, 9.17) is 4.74 Å². The van der Waals surface area contributed by atoms with Gasteiger partial charge in [0.15, 0.2) is 5.96 Å². The minimum Gasteiger partial charge on any atom is -0.379 e. The highest BCUT2D eigenvalue weighted by Crippen LogP contribution is 1.98. The maximum atomic E-state index is 5.36. The Balaban J connectivity index is 1.65. The molecule has 2 rings (SSSR count). The van der Waals surface area contributed by atoms with Crippen molar-refractivity contribution in [3.63, 3.8) is 0 Å². The first-order valence-corrected chi connectivity index (χ1v) is 8.60. The molecule has 6 heteroatoms. The summed E-state index contributed by atoms with van der Waals surface area (Å²) in [5.74, 6) is 0.894. The van der Waals surface area contributed by atoms with Crippen LogP contribution in [0.2, 0.25) is 0 Å². The van der Waals surface area contributed by atoms with Gasteiger partial charge in [-0.1, -0.05) is 6.07 Å². The zero-order valence-electron chi connectivity index (χ0n) is 14.1. The van der Waals surface area contributed by atoms with Crippen LogP contribution in [0, 0.1) is 0 Å². The van der Waals surface area contributed by atoms with Gasteiger partial charge in [-0.2, -0.15) is 0 Å². The summed E-state index contributed by atoms with van der Waals surface area (Å²) in [5.41, 5.74) is 1.10. The summed E-state index contributed by atoms with van der Waals surface area (Å²) in [7, 11) is 0. The van der Waals surface area contributed by atoms with Crippen LogP contribution >= 0.6 is 0 Å². The SMILES string of the molecule is CCNC(=NCCCN1CCOCC1)NCCc1ccccn1. The summed E-state index contributed by atoms with van der Waals surface area (Å²) < 4.78 is 5.36. The van der Waals surface area contributed by atoms with Gasteiger partial charge in [-0.3, -0.25) is 14.9 Å². The number of rotatable bonds is 8. The molecule has 0 aromatic carbocycles. The fourth-order valence-electron chi connectivity index (χ4n) is 2.51. The van der Waals surface area contributed by atoms with Crippen molar-refractivity contribution in [1.82, 2.24) is 20.5 Å². The third kappa shape index (κ3) is 7.43. The summed E-state index contributed by atoms with van der Waals surface area (Å²) in [6.07, 6.45) is 3.82. The largest absolute Gasteiger partial charge is 0.379 e. The predicted molar refractivity (Wildman–Crippen MR) is 93.8 cm³/mol. The number of hydrogen-bond donors (Lipinski definition) is 2. The summed E-state index contributed by atoms with van der Waals surface area (Å²) in [5, 5.41) is 6.67. The molecule has 1 aliphatic rings. The van der Waals surface area contributed by atoms with E-state index in [0.29, 0.717) is 0 Å². The summed E-state index contributed by atoms with van der Waals surface area (Å²) in [4.78, 5) is 11.4. The fraction of sp³-hybridized carbons (Fsp3) is 0.647. The highest BCUT2D eigenvalue weighted by Gasteiger charge is 2.08. The molecule has 1 aromatic rings. The van der Waals surface area contributed by atoms with Crippen LogP contribution in [-0.4, -0.2) is 68.3 Å². The van der Waals surface area contributed by atoms with Gasteiger partial charge in [0.05, 0.1) is 13.2 Å². The van der Waals surface area contributed by atoms with Crippen LogP contribution in [0.5, 0.6) is 0 Å². The third-order valence-corrected chi connectivity index (χ3v) is 3.75. The zero-order valence-corrected chi connectivity index (χ0v) is 14.1. The van der Waals surface area contributed by atoms with Gasteiger partial charge in [-0.25, -0.2) is 0 Å². The van der Waals surface area contributed by atoms with Crippen LogP contribution in [0.4, 0.5) is 0 Å². The second kappa shape index (κ2) is 11.0. The van der Waals surface area contributed by atoms with Crippen molar-refractivity contribution >= 4 is 5.96 Å². The zero-order chi connectivity index (χ0) is 16.2. The van der Waals surface area contributed by atoms with E-state index in [1.807, 2.05) is 24.4 Å². The van der Waals surface area contributed by atoms with Gasteiger partial charge in [-0.15, -0.1) is 0 Å². The van der Waals surface area contributed by atoms with E-state index in [0.717, 1.165) is 77.0 Å². The first kappa shape index (κ1) is 17.7. The smallest absolute Gasteiger partial charge is 0.191 e. The highest BCUT2D eigenvalue weighted by atomic mass is 16.5. The van der Waals surface area contributed by atoms with Gasteiger partial charge in [0.2, 0.25) is 0 Å². The number of aliphatic imine (C=N–C) groups is 1. The van der Waals surface area contributed by atoms with E-state index < -0.39 is 0 Å². The van der Waals surface area contributed by atoms with Crippen LogP contribution in [0.1, 0.15) is 19.0 Å². The first-order chi connectivity index (χ1) is 11.4. The Morgan fingerprint density at radius 2 is 2.17 bits per heavy atom. The Labute approximate surface area is 139 Å². The van der Waals surface area contributed by atoms with Crippen molar-refractivity contribution in [1.29, 1.82) is 0 Å². The van der Waals surface area contributed by atoms with Crippen LogP contribution in [0.3, 0.4) is 0 Å². The minimum atomic E-state index is 0.840. The highest BCUT2D eigenvalue weighted by molar-refractivity contribution is 5.79. The standard InChI is InChI=1S/C17H29N5O/c1-2-18-17(21-10-7-16-6-3-4-8-19-16)20-9-5-11-22-12-14-23-15-13-22/h3-4,6,8H,2,5,7,9-15H2,1H3,(H2,18,20,21). The number of nitrogens with zero attached hydrogens (tertiary/aromatic N) is 3. The van der Waals surface area contributed by atoms with Crippen molar-refractivity contribution in [2.75, 3.05) is 52.5 Å². The van der Waals surface area contributed by atoms with E-state index in [9.17, 15) is 0 Å². The average molecular weight is 319 g/mol. The topological polar surface area (TPSA) is 61.8 Å². The summed E-state index contributed by atoms with van der Waals surface area (Å²) in [6.45, 7) is 9.56. The molecule has 1 fully saturated rings. The van der Waals surface area contributed by atoms with Crippen molar-refractivity contribution < 1.29 is 4.74 Å². The fourth-order valence-corrected chi connectivity index (χ4v) is 2.51. The van der Waals surface area contributed by atoms with Gasteiger partial charge < -0.3 is 15.4 Å². The Hall–Kier alpha value is -1.66. The van der Waals surface area contributed by atoms with Crippen LogP contribution in [0.15, 0.2) is 29.4 Å². The van der Waals surface area contributed by atoms with Gasteiger partial charge in [-0.05, 0) is 25.5 Å². The molecule has 2 heterocycles. The molecule has 1 aromatic heterocycles. The van der Waals surface area contributed by atoms with Crippen LogP contribution in [0.25, 0.3) is 0 Å². The molecule has 23 heavy (non-hydrogen) atoms. The van der Waals surface area contributed by atoms with E-state index >= 15 is 0 Å². The predicted octanol–water partition coefficient (Wildman–Crippen LogP) is 0.902. The molecule has 0 saturated carbocycles. The molecule has 0 aliphatic carbocycles. The van der Waals surface area contributed by atoms with Gasteiger partial charge in [0, 0.05) is 57.6 Å². The lowest BCUT2D eigenvalue weighted by molar-refractivity contribution is 0.0377. The lowest BCUT2D eigenvalue weighted by Gasteiger charge is -2.26. The number of hydrogen-bond acceptors (Lipinski definition) is 4. The second-order valence-electron chi connectivity index (χ2n) is 5.57. The molecule has 0 unspecified atom stereocenters. The average Bonchev–Trinajstić information content (AvgIpc) is 2.60. The molecule has 0 atom stereocenters. The maximum absolute atomic E-state index is 5.36. The van der Waals surface area contributed by atoms with Gasteiger partial charge in [0.25, 0.3) is 0 Å². The van der Waals surface area contributed by atoms with Crippen molar-refractivity contribution in [2.45, 2.75) is 19.8 Å². The quantitative estimate of drug-likeness (QED) is 0.423. The number of morpholine rings is 1. The molecule has 128 valence electrons. The van der Waals surface area contributed by atoms with E-state index in [2.05, 4.69) is 32.4 Å². The summed E-state index contributed by atoms with van der Waals surface area (Å²) >= 11 is 0. The second-order valence-corrected chi connectivity index (χ2v) is 5.57. The Morgan fingerprint density at radius 3 is 2.91 bits per heavy atom. The Morgan fingerprint density at radius 1 is 1.30 bits per heavy atom. The molecule has 0 amide bonds. The van der Waals surface area contributed by atoms with Crippen molar-refractivity contribution in [2.24, 2.45) is 4.99 Å². The van der Waals surface area contributed by atoms with E-state index in [1.54, 1.807) is 0 Å². The number of nitrogens with one attached hydrogen (secondary N) is 2. The Kier molecular flexibility index (Phi) is 8.43. The maximum Gasteiger partial charge on any atom is 0.191 e. The molecular formula is C17H29N5O. The molecular weight excluding hydrogens is 290 g/mol. The lowest BCUT2D eigenvalue weighted by Crippen LogP contribution is -2.39. The molecule has 0 radical (unpaired) electrons. The minimum absolute atomic E-state index is 0.840. The molecule has 6 nitrogen and oxygen atoms in total. The third-order valence-electron chi connectivity index (χ3n) is 3.75. The Bertz CT molecular complexity index is 446. The van der Waals surface area contributed by atoms with Gasteiger partial charge >= 0.3 is 0 Å². The number of guanidine groups is 1. The van der Waals surface area contributed by atoms with Crippen molar-refractivity contribution in [3.05, 3.63) is 30.1 Å². The van der Waals surface area contributed by atoms with Crippen molar-refractivity contribution in [3.8, 4) is 0 Å². The molecule has 0 spiro atoms. The first-order valence-electron chi connectivity index (χ1n) is 8.60. The number of ether oxygens (including phenoxy) is 1. The van der Waals surface area contributed by atoms with Crippen LogP contribution in [-0.2, 0) is 11.2 Å². The monoisotopic (exact) mass is 319 g/mol. The molecule has 1 saturated heterocycles. The summed E-state index contributed by atoms with van der Waals surface area (Å²) in [6, 6.07) is 6.01. The van der Waals surface area contributed by atoms with E-state index in [-0.39, 0.29) is 0 Å². The van der Waals surface area contributed by atoms with Gasteiger partial charge in [0.1, 0.15) is 0 Å². The molecule has 2 N–H and O–H groups in total. The number of aromatic nitrogens is 1. The normalized spacial score (nSPS) is 16.3. The van der Waals surface area contributed by atoms with E-state index in [1.165, 1.54) is 0 Å². The molecule has 0 bridgehead atoms. The lowest BCUT2D eigenvalue weighted by atomic mass is 10.3. The molecule has 1 aliphatic heterocycles. The number of pyridine rings is 1. The van der Waals surface area contributed by atoms with Crippen LogP contribution < -0.4 is 10.6 Å².